The third kappa shape index (κ3) is 7.81. The van der Waals surface area contributed by atoms with E-state index in [1.165, 1.54) is 22.0 Å². The Labute approximate surface area is 292 Å². The van der Waals surface area contributed by atoms with Gasteiger partial charge in [-0.2, -0.15) is 15.2 Å². The van der Waals surface area contributed by atoms with E-state index >= 15 is 0 Å². The van der Waals surface area contributed by atoms with Gasteiger partial charge < -0.3 is 34.8 Å². The van der Waals surface area contributed by atoms with Crippen LogP contribution < -0.4 is 20.3 Å². The van der Waals surface area contributed by atoms with Gasteiger partial charge in [0, 0.05) is 61.0 Å². The van der Waals surface area contributed by atoms with Crippen LogP contribution >= 0.6 is 0 Å². The summed E-state index contributed by atoms with van der Waals surface area (Å²) in [4.78, 5) is 54.6. The standard InChI is InChI=1S/C37H44N8O5/c1-25-6-3-7-26-8-4-10-31(35(25)26)43-18-14-29-30(23-43)40-37(50-24-28-9-5-17-42(28)2)41-36(29)44-19-20-45(27(22-44)13-16-38)33(47)11-12-34(48)49-21-15-32(39)46/h3-4,6-8,10-12,27-28H,5,9,13-15,17-24H2,1-2H3,(H2,39,46)/b12-11+/t27-,28-/m0/s1. The Kier molecular flexibility index (Phi) is 10.8. The lowest BCUT2D eigenvalue weighted by atomic mass is 9.99. The summed E-state index contributed by atoms with van der Waals surface area (Å²) in [7, 11) is 2.11. The van der Waals surface area contributed by atoms with E-state index < -0.39 is 23.8 Å². The molecule has 0 unspecified atom stereocenters. The number of carbonyl (C=O) groups excluding carboxylic acids is 3. The molecule has 2 aromatic carbocycles. The number of likely N-dealkylation sites (N-methyl/N-ethyl adjacent to an activating group) is 1. The van der Waals surface area contributed by atoms with Crippen molar-refractivity contribution in [2.45, 2.75) is 57.7 Å². The van der Waals surface area contributed by atoms with E-state index in [9.17, 15) is 19.6 Å². The predicted molar refractivity (Wildman–Crippen MR) is 188 cm³/mol. The predicted octanol–water partition coefficient (Wildman–Crippen LogP) is 2.88. The first-order chi connectivity index (χ1) is 24.2. The van der Waals surface area contributed by atoms with E-state index in [-0.39, 0.29) is 19.4 Å². The molecule has 2 saturated heterocycles. The van der Waals surface area contributed by atoms with Crippen molar-refractivity contribution in [3.8, 4) is 12.1 Å². The molecule has 0 saturated carbocycles. The minimum atomic E-state index is -0.744. The van der Waals surface area contributed by atoms with Crippen molar-refractivity contribution in [2.75, 3.05) is 62.8 Å². The number of primary amides is 1. The summed E-state index contributed by atoms with van der Waals surface area (Å²) in [5.41, 5.74) is 9.45. The molecule has 6 rings (SSSR count). The zero-order chi connectivity index (χ0) is 35.2. The highest BCUT2D eigenvalue weighted by Gasteiger charge is 2.34. The Bertz CT molecular complexity index is 1820. The van der Waals surface area contributed by atoms with Crippen LogP contribution in [0.5, 0.6) is 6.01 Å². The van der Waals surface area contributed by atoms with E-state index in [0.29, 0.717) is 44.8 Å². The number of nitrogens with two attached hydrogens (primary N) is 1. The zero-order valence-electron chi connectivity index (χ0n) is 28.7. The number of likely N-dealkylation sites (tertiary alicyclic amines) is 1. The normalized spacial score (nSPS) is 19.4. The Morgan fingerprint density at radius 3 is 2.62 bits per heavy atom. The molecule has 13 nitrogen and oxygen atoms in total. The minimum absolute atomic E-state index is 0.0995. The van der Waals surface area contributed by atoms with E-state index in [2.05, 4.69) is 71.1 Å². The van der Waals surface area contributed by atoms with Crippen molar-refractivity contribution in [3.63, 3.8) is 0 Å². The largest absolute Gasteiger partial charge is 0.462 e. The molecule has 2 atom stereocenters. The lowest BCUT2D eigenvalue weighted by Crippen LogP contribution is -2.55. The molecule has 3 aliphatic heterocycles. The number of ether oxygens (including phenoxy) is 2. The number of nitriles is 1. The van der Waals surface area contributed by atoms with Crippen LogP contribution in [0.3, 0.4) is 0 Å². The maximum absolute atomic E-state index is 13.2. The monoisotopic (exact) mass is 680 g/mol. The van der Waals surface area contributed by atoms with Crippen molar-refractivity contribution in [2.24, 2.45) is 5.73 Å². The van der Waals surface area contributed by atoms with E-state index in [0.717, 1.165) is 61.6 Å². The molecule has 0 radical (unpaired) electrons. The van der Waals surface area contributed by atoms with Gasteiger partial charge in [0.2, 0.25) is 11.8 Å². The average molecular weight is 681 g/mol. The summed E-state index contributed by atoms with van der Waals surface area (Å²) in [6, 6.07) is 15.2. The molecule has 4 heterocycles. The number of rotatable bonds is 11. The second kappa shape index (κ2) is 15.6. The number of carbonyl (C=O) groups is 3. The van der Waals surface area contributed by atoms with Crippen LogP contribution in [-0.4, -0.2) is 103 Å². The summed E-state index contributed by atoms with van der Waals surface area (Å²) in [6.45, 7) is 6.09. The highest BCUT2D eigenvalue weighted by atomic mass is 16.5. The number of piperazine rings is 1. The number of benzene rings is 2. The minimum Gasteiger partial charge on any atom is -0.462 e. The number of aromatic nitrogens is 2. The number of hydrogen-bond acceptors (Lipinski definition) is 11. The number of fused-ring (bicyclic) bond motifs is 2. The third-order valence-corrected chi connectivity index (χ3v) is 9.88. The van der Waals surface area contributed by atoms with Crippen molar-refractivity contribution in [3.05, 3.63) is 65.4 Å². The number of amides is 2. The Morgan fingerprint density at radius 1 is 1.04 bits per heavy atom. The van der Waals surface area contributed by atoms with Crippen molar-refractivity contribution in [1.29, 1.82) is 5.26 Å². The lowest BCUT2D eigenvalue weighted by Gasteiger charge is -2.42. The average Bonchev–Trinajstić information content (AvgIpc) is 3.53. The zero-order valence-corrected chi connectivity index (χ0v) is 28.7. The number of nitrogens with zero attached hydrogens (tertiary/aromatic N) is 7. The second-order valence-corrected chi connectivity index (χ2v) is 13.2. The van der Waals surface area contributed by atoms with Crippen LogP contribution in [0.15, 0.2) is 48.6 Å². The molecule has 262 valence electrons. The Hall–Kier alpha value is -5.22. The number of anilines is 2. The first-order valence-corrected chi connectivity index (χ1v) is 17.2. The van der Waals surface area contributed by atoms with Gasteiger partial charge in [0.1, 0.15) is 19.0 Å². The molecule has 50 heavy (non-hydrogen) atoms. The highest BCUT2D eigenvalue weighted by molar-refractivity contribution is 5.97. The van der Waals surface area contributed by atoms with Gasteiger partial charge in [-0.3, -0.25) is 9.59 Å². The first kappa shape index (κ1) is 34.6. The molecule has 1 aromatic heterocycles. The molecular formula is C37H44N8O5. The first-order valence-electron chi connectivity index (χ1n) is 17.2. The molecule has 2 fully saturated rings. The topological polar surface area (TPSA) is 158 Å². The van der Waals surface area contributed by atoms with Crippen molar-refractivity contribution < 1.29 is 23.9 Å². The summed E-state index contributed by atoms with van der Waals surface area (Å²) >= 11 is 0. The summed E-state index contributed by atoms with van der Waals surface area (Å²) < 4.78 is 11.2. The number of esters is 1. The quantitative estimate of drug-likeness (QED) is 0.235. The van der Waals surface area contributed by atoms with Gasteiger partial charge in [-0.1, -0.05) is 30.3 Å². The fourth-order valence-electron chi connectivity index (χ4n) is 7.20. The van der Waals surface area contributed by atoms with Crippen LogP contribution in [0.1, 0.15) is 42.5 Å². The molecular weight excluding hydrogens is 636 g/mol. The van der Waals surface area contributed by atoms with Crippen LogP contribution in [0, 0.1) is 18.3 Å². The second-order valence-electron chi connectivity index (χ2n) is 13.2. The fraction of sp³-hybridized carbons (Fsp3) is 0.459. The smallest absolute Gasteiger partial charge is 0.330 e. The number of aryl methyl sites for hydroxylation is 1. The van der Waals surface area contributed by atoms with Gasteiger partial charge in [-0.05, 0) is 56.8 Å². The molecule has 3 aromatic rings. The molecule has 0 aliphatic carbocycles. The SMILES string of the molecule is Cc1cccc2cccc(N3CCc4c(nc(OC[C@@H]5CCCN5C)nc4N4CCN(C(=O)/C=C/C(=O)OCCC(N)=O)[C@@H](CC#N)C4)C3)c12. The molecule has 0 bridgehead atoms. The Morgan fingerprint density at radius 2 is 1.86 bits per heavy atom. The van der Waals surface area contributed by atoms with Crippen molar-refractivity contribution in [1.82, 2.24) is 19.8 Å². The van der Waals surface area contributed by atoms with Gasteiger partial charge in [0.05, 0.1) is 37.2 Å². The maximum atomic E-state index is 13.2. The van der Waals surface area contributed by atoms with E-state index in [1.807, 2.05) is 0 Å². The number of hydrogen-bond donors (Lipinski definition) is 1. The molecule has 0 spiro atoms. The third-order valence-electron chi connectivity index (χ3n) is 9.88. The van der Waals surface area contributed by atoms with E-state index in [4.69, 9.17) is 25.2 Å². The van der Waals surface area contributed by atoms with E-state index in [1.54, 1.807) is 4.90 Å². The van der Waals surface area contributed by atoms with Crippen LogP contribution in [0.2, 0.25) is 0 Å². The molecule has 2 N–H and O–H groups in total. The summed E-state index contributed by atoms with van der Waals surface area (Å²) in [5.74, 6) is -0.946. The van der Waals surface area contributed by atoms with Gasteiger partial charge in [-0.25, -0.2) is 4.79 Å². The van der Waals surface area contributed by atoms with Gasteiger partial charge in [0.15, 0.2) is 0 Å². The van der Waals surface area contributed by atoms with Crippen LogP contribution in [-0.2, 0) is 32.1 Å². The van der Waals surface area contributed by atoms with Crippen molar-refractivity contribution >= 4 is 40.1 Å². The van der Waals surface area contributed by atoms with Gasteiger partial charge in [-0.15, -0.1) is 0 Å². The maximum Gasteiger partial charge on any atom is 0.330 e. The summed E-state index contributed by atoms with van der Waals surface area (Å²) in [5, 5.41) is 12.1. The van der Waals surface area contributed by atoms with Crippen LogP contribution in [0.25, 0.3) is 10.8 Å². The molecule has 13 heteroatoms. The Balaban J connectivity index is 1.25. The summed E-state index contributed by atoms with van der Waals surface area (Å²) in [6.07, 6.45) is 5.11. The highest BCUT2D eigenvalue weighted by Crippen LogP contribution is 2.36. The fourth-order valence-corrected chi connectivity index (χ4v) is 7.20. The lowest BCUT2D eigenvalue weighted by molar-refractivity contribution is -0.139. The van der Waals surface area contributed by atoms with Gasteiger partial charge >= 0.3 is 12.0 Å². The van der Waals surface area contributed by atoms with Crippen LogP contribution in [0.4, 0.5) is 11.5 Å². The molecule has 2 amide bonds. The van der Waals surface area contributed by atoms with Gasteiger partial charge in [0.25, 0.3) is 0 Å². The molecule has 3 aliphatic rings.